The largest absolute Gasteiger partial charge is 0.353 e. The van der Waals surface area contributed by atoms with E-state index in [0.29, 0.717) is 31.0 Å². The van der Waals surface area contributed by atoms with Crippen LogP contribution >= 0.6 is 0 Å². The quantitative estimate of drug-likeness (QED) is 0.576. The van der Waals surface area contributed by atoms with Gasteiger partial charge in [-0.25, -0.2) is 4.68 Å². The predicted molar refractivity (Wildman–Crippen MR) is 61.6 cm³/mol. The first kappa shape index (κ1) is 12.4. The molecule has 0 unspecified atom stereocenters. The standard InChI is InChI=1S/C9H17N5O2/c1-4-7-8(14(15)16)9(13(3)11-7)12(2)6-5-10/h4-6,10H2,1-3H3. The molecular formula is C9H17N5O2. The van der Waals surface area contributed by atoms with Crippen molar-refractivity contribution in [2.45, 2.75) is 13.3 Å². The molecule has 90 valence electrons. The van der Waals surface area contributed by atoms with Crippen LogP contribution in [0, 0.1) is 10.1 Å². The van der Waals surface area contributed by atoms with Gasteiger partial charge in [-0.15, -0.1) is 0 Å². The molecule has 1 rings (SSSR count). The molecule has 0 saturated heterocycles. The number of anilines is 1. The van der Waals surface area contributed by atoms with Crippen molar-refractivity contribution in [3.63, 3.8) is 0 Å². The molecule has 0 aromatic carbocycles. The summed E-state index contributed by atoms with van der Waals surface area (Å²) in [7, 11) is 3.48. The van der Waals surface area contributed by atoms with Crippen LogP contribution < -0.4 is 10.6 Å². The summed E-state index contributed by atoms with van der Waals surface area (Å²) in [6.45, 7) is 2.85. The van der Waals surface area contributed by atoms with Gasteiger partial charge in [0.2, 0.25) is 5.82 Å². The highest BCUT2D eigenvalue weighted by Gasteiger charge is 2.27. The lowest BCUT2D eigenvalue weighted by Gasteiger charge is -2.16. The third kappa shape index (κ3) is 2.13. The number of nitro groups is 1. The van der Waals surface area contributed by atoms with Crippen LogP contribution in [0.3, 0.4) is 0 Å². The number of aromatic nitrogens is 2. The fourth-order valence-corrected chi connectivity index (χ4v) is 1.71. The number of nitrogens with zero attached hydrogens (tertiary/aromatic N) is 4. The molecule has 0 aliphatic rings. The summed E-state index contributed by atoms with van der Waals surface area (Å²) in [6, 6.07) is 0. The molecule has 1 aromatic rings. The van der Waals surface area contributed by atoms with Gasteiger partial charge in [-0.2, -0.15) is 5.10 Å². The Balaban J connectivity index is 3.25. The maximum absolute atomic E-state index is 11.0. The molecule has 0 saturated carbocycles. The van der Waals surface area contributed by atoms with Gasteiger partial charge in [0.25, 0.3) is 0 Å². The van der Waals surface area contributed by atoms with Crippen molar-refractivity contribution in [2.24, 2.45) is 12.8 Å². The first-order chi connectivity index (χ1) is 7.52. The summed E-state index contributed by atoms with van der Waals surface area (Å²) in [5.41, 5.74) is 6.03. The second kappa shape index (κ2) is 4.93. The smallest absolute Gasteiger partial charge is 0.334 e. The summed E-state index contributed by atoms with van der Waals surface area (Å²) in [5.74, 6) is 0.507. The van der Waals surface area contributed by atoms with E-state index in [2.05, 4.69) is 5.10 Å². The van der Waals surface area contributed by atoms with Gasteiger partial charge in [0.15, 0.2) is 0 Å². The molecule has 0 fully saturated rings. The molecule has 2 N–H and O–H groups in total. The minimum atomic E-state index is -0.381. The van der Waals surface area contributed by atoms with Gasteiger partial charge in [0.1, 0.15) is 5.69 Å². The third-order valence-corrected chi connectivity index (χ3v) is 2.41. The highest BCUT2D eigenvalue weighted by molar-refractivity contribution is 5.61. The van der Waals surface area contributed by atoms with Crippen molar-refractivity contribution in [1.29, 1.82) is 0 Å². The number of hydrogen-bond acceptors (Lipinski definition) is 5. The molecule has 16 heavy (non-hydrogen) atoms. The van der Waals surface area contributed by atoms with Crippen LogP contribution in [0.25, 0.3) is 0 Å². The number of aryl methyl sites for hydroxylation is 2. The van der Waals surface area contributed by atoms with Crippen molar-refractivity contribution >= 4 is 11.5 Å². The van der Waals surface area contributed by atoms with Crippen LogP contribution in [-0.2, 0) is 13.5 Å². The number of hydrogen-bond donors (Lipinski definition) is 1. The molecule has 0 bridgehead atoms. The van der Waals surface area contributed by atoms with Gasteiger partial charge in [-0.1, -0.05) is 6.92 Å². The Bertz CT molecular complexity index is 387. The zero-order valence-corrected chi connectivity index (χ0v) is 9.80. The van der Waals surface area contributed by atoms with Gasteiger partial charge in [0, 0.05) is 27.2 Å². The Labute approximate surface area is 94.0 Å². The zero-order valence-electron chi connectivity index (χ0n) is 9.80. The highest BCUT2D eigenvalue weighted by Crippen LogP contribution is 2.30. The molecule has 0 aliphatic heterocycles. The Hall–Kier alpha value is -1.63. The first-order valence-electron chi connectivity index (χ1n) is 5.14. The third-order valence-electron chi connectivity index (χ3n) is 2.41. The minimum absolute atomic E-state index is 0.0842. The van der Waals surface area contributed by atoms with Gasteiger partial charge in [-0.05, 0) is 6.42 Å². The molecule has 0 radical (unpaired) electrons. The summed E-state index contributed by atoms with van der Waals surface area (Å²) < 4.78 is 1.53. The van der Waals surface area contributed by atoms with Crippen LogP contribution in [0.15, 0.2) is 0 Å². The molecule has 0 spiro atoms. The molecule has 0 amide bonds. The number of rotatable bonds is 5. The van der Waals surface area contributed by atoms with Crippen LogP contribution in [0.5, 0.6) is 0 Å². The topological polar surface area (TPSA) is 90.2 Å². The SMILES string of the molecule is CCc1nn(C)c(N(C)CCN)c1[N+](=O)[O-]. The second-order valence-corrected chi connectivity index (χ2v) is 3.56. The van der Waals surface area contributed by atoms with Crippen LogP contribution in [0.4, 0.5) is 11.5 Å². The van der Waals surface area contributed by atoms with Gasteiger partial charge >= 0.3 is 5.69 Å². The molecule has 7 nitrogen and oxygen atoms in total. The van der Waals surface area contributed by atoms with Crippen LogP contribution in [-0.4, -0.2) is 34.8 Å². The van der Waals surface area contributed by atoms with Crippen molar-refractivity contribution < 1.29 is 4.92 Å². The summed E-state index contributed by atoms with van der Waals surface area (Å²) in [6.07, 6.45) is 0.542. The van der Waals surface area contributed by atoms with E-state index in [1.807, 2.05) is 6.92 Å². The Morgan fingerprint density at radius 1 is 1.62 bits per heavy atom. The number of likely N-dealkylation sites (N-methyl/N-ethyl adjacent to an activating group) is 1. The second-order valence-electron chi connectivity index (χ2n) is 3.56. The normalized spacial score (nSPS) is 10.5. The minimum Gasteiger partial charge on any atom is -0.353 e. The van der Waals surface area contributed by atoms with Crippen molar-refractivity contribution in [3.8, 4) is 0 Å². The van der Waals surface area contributed by atoms with E-state index < -0.39 is 0 Å². The molecule has 1 aromatic heterocycles. The molecule has 7 heteroatoms. The maximum Gasteiger partial charge on any atom is 0.334 e. The first-order valence-corrected chi connectivity index (χ1v) is 5.14. The van der Waals surface area contributed by atoms with Crippen molar-refractivity contribution in [1.82, 2.24) is 9.78 Å². The molecular weight excluding hydrogens is 210 g/mol. The predicted octanol–water partition coefficient (Wildman–Crippen LogP) is 0.286. The molecule has 0 atom stereocenters. The zero-order chi connectivity index (χ0) is 12.3. The molecule has 1 heterocycles. The lowest BCUT2D eigenvalue weighted by Crippen LogP contribution is -2.27. The fraction of sp³-hybridized carbons (Fsp3) is 0.667. The Kier molecular flexibility index (Phi) is 3.83. The summed E-state index contributed by atoms with van der Waals surface area (Å²) in [5, 5.41) is 15.2. The average molecular weight is 227 g/mol. The average Bonchev–Trinajstić information content (AvgIpc) is 2.55. The van der Waals surface area contributed by atoms with E-state index in [1.165, 1.54) is 4.68 Å². The van der Waals surface area contributed by atoms with E-state index in [1.54, 1.807) is 19.0 Å². The fourth-order valence-electron chi connectivity index (χ4n) is 1.71. The Morgan fingerprint density at radius 2 is 2.25 bits per heavy atom. The van der Waals surface area contributed by atoms with E-state index in [4.69, 9.17) is 5.73 Å². The van der Waals surface area contributed by atoms with Gasteiger partial charge in [-0.3, -0.25) is 10.1 Å². The number of nitrogens with two attached hydrogens (primary N) is 1. The van der Waals surface area contributed by atoms with E-state index in [-0.39, 0.29) is 10.6 Å². The summed E-state index contributed by atoms with van der Waals surface area (Å²) >= 11 is 0. The monoisotopic (exact) mass is 227 g/mol. The van der Waals surface area contributed by atoms with E-state index >= 15 is 0 Å². The van der Waals surface area contributed by atoms with Crippen molar-refractivity contribution in [2.75, 3.05) is 25.0 Å². The Morgan fingerprint density at radius 3 is 2.69 bits per heavy atom. The lowest BCUT2D eigenvalue weighted by molar-refractivity contribution is -0.384. The van der Waals surface area contributed by atoms with Crippen LogP contribution in [0.2, 0.25) is 0 Å². The van der Waals surface area contributed by atoms with Crippen LogP contribution in [0.1, 0.15) is 12.6 Å². The lowest BCUT2D eigenvalue weighted by atomic mass is 10.3. The van der Waals surface area contributed by atoms with Gasteiger partial charge in [0.05, 0.1) is 4.92 Å². The van der Waals surface area contributed by atoms with E-state index in [0.717, 1.165) is 0 Å². The van der Waals surface area contributed by atoms with Gasteiger partial charge < -0.3 is 10.6 Å². The highest BCUT2D eigenvalue weighted by atomic mass is 16.6. The molecule has 0 aliphatic carbocycles. The van der Waals surface area contributed by atoms with E-state index in [9.17, 15) is 10.1 Å². The van der Waals surface area contributed by atoms with Crippen molar-refractivity contribution in [3.05, 3.63) is 15.8 Å². The maximum atomic E-state index is 11.0. The summed E-state index contributed by atoms with van der Waals surface area (Å²) in [4.78, 5) is 12.4.